The summed E-state index contributed by atoms with van der Waals surface area (Å²) >= 11 is 0.243. The van der Waals surface area contributed by atoms with E-state index >= 15 is 0 Å². The predicted molar refractivity (Wildman–Crippen MR) is 63.9 cm³/mol. The second-order valence-electron chi connectivity index (χ2n) is 4.30. The van der Waals surface area contributed by atoms with Crippen molar-refractivity contribution in [3.63, 3.8) is 0 Å². The molecule has 1 saturated carbocycles. The molecule has 2 amide bonds. The predicted octanol–water partition coefficient (Wildman–Crippen LogP) is 1.55. The molecule has 1 fully saturated rings. The van der Waals surface area contributed by atoms with Gasteiger partial charge in [-0.25, -0.2) is 0 Å². The molecular weight excluding hydrogens is 297 g/mol. The van der Waals surface area contributed by atoms with Crippen molar-refractivity contribution in [1.29, 1.82) is 0 Å². The molecule has 10 heteroatoms. The first-order valence-electron chi connectivity index (χ1n) is 5.84. The number of carbonyl (C=O) groups is 2. The van der Waals surface area contributed by atoms with E-state index in [0.29, 0.717) is 0 Å². The largest absolute Gasteiger partial charge is 0.445 e. The van der Waals surface area contributed by atoms with Gasteiger partial charge in [-0.1, -0.05) is 11.3 Å². The normalized spacial score (nSPS) is 14.9. The highest BCUT2D eigenvalue weighted by atomic mass is 32.1. The minimum atomic E-state index is -4.58. The van der Waals surface area contributed by atoms with Gasteiger partial charge in [-0.3, -0.25) is 9.59 Å². The summed E-state index contributed by atoms with van der Waals surface area (Å²) in [6.07, 6.45) is -2.80. The number of alkyl halides is 3. The summed E-state index contributed by atoms with van der Waals surface area (Å²) < 4.78 is 36.8. The zero-order valence-corrected chi connectivity index (χ0v) is 11.0. The number of nitrogens with one attached hydrogen (secondary N) is 2. The minimum Gasteiger partial charge on any atom is -0.353 e. The number of rotatable bonds is 5. The maximum absolute atomic E-state index is 12.3. The van der Waals surface area contributed by atoms with Gasteiger partial charge in [-0.05, 0) is 12.8 Å². The van der Waals surface area contributed by atoms with E-state index in [1.807, 2.05) is 0 Å². The lowest BCUT2D eigenvalue weighted by Crippen LogP contribution is -2.26. The number of aromatic nitrogens is 2. The topological polar surface area (TPSA) is 84.0 Å². The van der Waals surface area contributed by atoms with Gasteiger partial charge in [0.1, 0.15) is 0 Å². The Morgan fingerprint density at radius 3 is 2.40 bits per heavy atom. The van der Waals surface area contributed by atoms with Gasteiger partial charge >= 0.3 is 6.18 Å². The van der Waals surface area contributed by atoms with Crippen molar-refractivity contribution in [3.8, 4) is 0 Å². The van der Waals surface area contributed by atoms with E-state index in [1.54, 1.807) is 0 Å². The highest BCUT2D eigenvalue weighted by molar-refractivity contribution is 7.15. The van der Waals surface area contributed by atoms with Crippen LogP contribution in [0.25, 0.3) is 0 Å². The Balaban J connectivity index is 1.76. The van der Waals surface area contributed by atoms with E-state index in [0.717, 1.165) is 12.8 Å². The molecule has 0 atom stereocenters. The Hall–Kier alpha value is -1.71. The Labute approximate surface area is 115 Å². The maximum Gasteiger partial charge on any atom is 0.445 e. The third-order valence-corrected chi connectivity index (χ3v) is 3.32. The summed E-state index contributed by atoms with van der Waals surface area (Å²) in [4.78, 5) is 22.8. The molecule has 0 saturated heterocycles. The molecule has 20 heavy (non-hydrogen) atoms. The summed E-state index contributed by atoms with van der Waals surface area (Å²) in [5, 5.41) is 9.69. The first-order chi connectivity index (χ1) is 9.34. The molecule has 0 aromatic carbocycles. The van der Waals surface area contributed by atoms with Crippen LogP contribution in [0.3, 0.4) is 0 Å². The standard InChI is InChI=1S/C10H11F3N4O2S/c11-10(12,13)8-16-17-9(20-8)15-7(19)4-3-6(18)14-5-1-2-5/h5H,1-4H2,(H,14,18)(H,15,17,19). The number of nitrogens with zero attached hydrogens (tertiary/aromatic N) is 2. The fourth-order valence-corrected chi connectivity index (χ4v) is 1.95. The van der Waals surface area contributed by atoms with Crippen molar-refractivity contribution in [1.82, 2.24) is 15.5 Å². The van der Waals surface area contributed by atoms with Crippen molar-refractivity contribution >= 4 is 28.3 Å². The summed E-state index contributed by atoms with van der Waals surface area (Å²) in [5.74, 6) is -0.809. The molecule has 1 aliphatic carbocycles. The fraction of sp³-hybridized carbons (Fsp3) is 0.600. The molecule has 0 unspecified atom stereocenters. The van der Waals surface area contributed by atoms with Gasteiger partial charge < -0.3 is 10.6 Å². The average molecular weight is 308 g/mol. The summed E-state index contributed by atoms with van der Waals surface area (Å²) in [6, 6.07) is 0.211. The summed E-state index contributed by atoms with van der Waals surface area (Å²) in [7, 11) is 0. The van der Waals surface area contributed by atoms with Crippen LogP contribution >= 0.6 is 11.3 Å². The van der Waals surface area contributed by atoms with Gasteiger partial charge in [-0.2, -0.15) is 13.2 Å². The van der Waals surface area contributed by atoms with Crippen molar-refractivity contribution < 1.29 is 22.8 Å². The molecule has 0 spiro atoms. The van der Waals surface area contributed by atoms with Gasteiger partial charge in [0.15, 0.2) is 0 Å². The first-order valence-corrected chi connectivity index (χ1v) is 6.66. The number of halogens is 3. The second kappa shape index (κ2) is 5.73. The van der Waals surface area contributed by atoms with E-state index in [9.17, 15) is 22.8 Å². The molecule has 1 aromatic heterocycles. The number of hydrogen-bond acceptors (Lipinski definition) is 5. The second-order valence-corrected chi connectivity index (χ2v) is 5.28. The zero-order valence-electron chi connectivity index (χ0n) is 10.2. The van der Waals surface area contributed by atoms with Crippen LogP contribution in [0.2, 0.25) is 0 Å². The van der Waals surface area contributed by atoms with Crippen LogP contribution in [-0.4, -0.2) is 28.1 Å². The molecule has 1 heterocycles. The van der Waals surface area contributed by atoms with Crippen molar-refractivity contribution in [2.45, 2.75) is 37.9 Å². The van der Waals surface area contributed by atoms with Gasteiger partial charge in [0, 0.05) is 18.9 Å². The lowest BCUT2D eigenvalue weighted by Gasteiger charge is -2.03. The molecule has 2 rings (SSSR count). The van der Waals surface area contributed by atoms with Crippen LogP contribution in [0.4, 0.5) is 18.3 Å². The Morgan fingerprint density at radius 1 is 1.20 bits per heavy atom. The molecule has 0 bridgehead atoms. The highest BCUT2D eigenvalue weighted by Gasteiger charge is 2.35. The molecule has 1 aliphatic rings. The first kappa shape index (κ1) is 14.7. The maximum atomic E-state index is 12.3. The van der Waals surface area contributed by atoms with E-state index in [2.05, 4.69) is 20.8 Å². The van der Waals surface area contributed by atoms with Crippen molar-refractivity contribution in [2.24, 2.45) is 0 Å². The van der Waals surface area contributed by atoms with Gasteiger partial charge in [-0.15, -0.1) is 10.2 Å². The van der Waals surface area contributed by atoms with Crippen LogP contribution in [0, 0.1) is 0 Å². The van der Waals surface area contributed by atoms with Crippen LogP contribution in [0.5, 0.6) is 0 Å². The molecule has 0 aliphatic heterocycles. The number of carbonyl (C=O) groups excluding carboxylic acids is 2. The van der Waals surface area contributed by atoms with E-state index in [4.69, 9.17) is 0 Å². The summed E-state index contributed by atoms with van der Waals surface area (Å²) in [6.45, 7) is 0. The quantitative estimate of drug-likeness (QED) is 0.864. The monoisotopic (exact) mass is 308 g/mol. The van der Waals surface area contributed by atoms with Crippen molar-refractivity contribution in [3.05, 3.63) is 5.01 Å². The van der Waals surface area contributed by atoms with E-state index < -0.39 is 17.1 Å². The molecule has 110 valence electrons. The molecule has 1 aromatic rings. The lowest BCUT2D eigenvalue weighted by atomic mass is 10.3. The minimum absolute atomic E-state index is 0.00668. The van der Waals surface area contributed by atoms with Crippen LogP contribution in [0.1, 0.15) is 30.7 Å². The summed E-state index contributed by atoms with van der Waals surface area (Å²) in [5.41, 5.74) is 0. The Kier molecular flexibility index (Phi) is 4.21. The number of amides is 2. The van der Waals surface area contributed by atoms with Crippen molar-refractivity contribution in [2.75, 3.05) is 5.32 Å². The highest BCUT2D eigenvalue weighted by Crippen LogP contribution is 2.32. The lowest BCUT2D eigenvalue weighted by molar-refractivity contribution is -0.138. The van der Waals surface area contributed by atoms with Gasteiger partial charge in [0.05, 0.1) is 0 Å². The third kappa shape index (κ3) is 4.44. The third-order valence-electron chi connectivity index (χ3n) is 2.44. The molecule has 6 nitrogen and oxygen atoms in total. The van der Waals surface area contributed by atoms with E-state index in [1.165, 1.54) is 0 Å². The smallest absolute Gasteiger partial charge is 0.353 e. The van der Waals surface area contributed by atoms with Crippen LogP contribution < -0.4 is 10.6 Å². The molecular formula is C10H11F3N4O2S. The number of anilines is 1. The van der Waals surface area contributed by atoms with Crippen LogP contribution in [-0.2, 0) is 15.8 Å². The SMILES string of the molecule is O=C(CCC(=O)NC1CC1)Nc1nnc(C(F)(F)F)s1. The average Bonchev–Trinajstić information content (AvgIpc) is 3.01. The zero-order chi connectivity index (χ0) is 14.8. The number of hydrogen-bond donors (Lipinski definition) is 2. The van der Waals surface area contributed by atoms with Crippen LogP contribution in [0.15, 0.2) is 0 Å². The van der Waals surface area contributed by atoms with E-state index in [-0.39, 0.29) is 41.3 Å². The molecule has 2 N–H and O–H groups in total. The Morgan fingerprint density at radius 2 is 1.85 bits per heavy atom. The van der Waals surface area contributed by atoms with Gasteiger partial charge in [0.25, 0.3) is 0 Å². The van der Waals surface area contributed by atoms with Gasteiger partial charge in [0.2, 0.25) is 22.0 Å². The fourth-order valence-electron chi connectivity index (χ4n) is 1.32. The Bertz CT molecular complexity index is 513. The molecule has 0 radical (unpaired) electrons.